The van der Waals surface area contributed by atoms with Gasteiger partial charge in [0.05, 0.1) is 28.3 Å². The van der Waals surface area contributed by atoms with E-state index >= 15 is 0 Å². The van der Waals surface area contributed by atoms with Crippen LogP contribution in [-0.4, -0.2) is 24.1 Å². The standard InChI is InChI=1S/C19H15BrF4N4O3S/c1-10-4-15(21)14(20)5-11(10)6-18(29)27-13-2-3-16(17(7-13)32(25,30)31)28-9-12(8-26-28)19(22,23)24/h2-5,7-9H,6H2,1H3,(H,27,29)(H2,25,30,31). The van der Waals surface area contributed by atoms with Crippen LogP contribution in [0.4, 0.5) is 23.2 Å². The zero-order valence-electron chi connectivity index (χ0n) is 16.2. The third-order valence-corrected chi connectivity index (χ3v) is 5.98. The van der Waals surface area contributed by atoms with E-state index in [-0.39, 0.29) is 22.3 Å². The van der Waals surface area contributed by atoms with Crippen LogP contribution in [0.3, 0.4) is 0 Å². The number of nitrogens with two attached hydrogens (primary N) is 1. The van der Waals surface area contributed by atoms with Crippen molar-refractivity contribution in [3.63, 3.8) is 0 Å². The Morgan fingerprint density at radius 2 is 1.94 bits per heavy atom. The summed E-state index contributed by atoms with van der Waals surface area (Å²) in [6.45, 7) is 1.63. The van der Waals surface area contributed by atoms with E-state index in [1.807, 2.05) is 0 Å². The highest BCUT2D eigenvalue weighted by Crippen LogP contribution is 2.30. The van der Waals surface area contributed by atoms with Crippen molar-refractivity contribution in [3.8, 4) is 5.69 Å². The van der Waals surface area contributed by atoms with Gasteiger partial charge in [-0.2, -0.15) is 18.3 Å². The largest absolute Gasteiger partial charge is 0.419 e. The highest BCUT2D eigenvalue weighted by molar-refractivity contribution is 9.10. The number of primary sulfonamides is 1. The van der Waals surface area contributed by atoms with E-state index in [0.29, 0.717) is 23.5 Å². The molecule has 3 N–H and O–H groups in total. The second-order valence-electron chi connectivity index (χ2n) is 6.82. The van der Waals surface area contributed by atoms with Crippen molar-refractivity contribution >= 4 is 37.5 Å². The molecule has 0 aliphatic heterocycles. The number of amides is 1. The number of hydrogen-bond donors (Lipinski definition) is 2. The summed E-state index contributed by atoms with van der Waals surface area (Å²) in [6.07, 6.45) is -3.63. The van der Waals surface area contributed by atoms with Gasteiger partial charge in [-0.15, -0.1) is 0 Å². The Labute approximate surface area is 188 Å². The molecule has 3 aromatic rings. The Morgan fingerprint density at radius 3 is 2.53 bits per heavy atom. The van der Waals surface area contributed by atoms with Gasteiger partial charge in [0.2, 0.25) is 15.9 Å². The van der Waals surface area contributed by atoms with Crippen molar-refractivity contribution in [3.05, 3.63) is 69.7 Å². The average molecular weight is 535 g/mol. The zero-order valence-corrected chi connectivity index (χ0v) is 18.6. The first-order valence-corrected chi connectivity index (χ1v) is 11.1. The van der Waals surface area contributed by atoms with Crippen LogP contribution in [0.25, 0.3) is 5.69 Å². The average Bonchev–Trinajstić information content (AvgIpc) is 3.16. The van der Waals surface area contributed by atoms with Crippen LogP contribution in [0.1, 0.15) is 16.7 Å². The van der Waals surface area contributed by atoms with Gasteiger partial charge in [-0.25, -0.2) is 22.6 Å². The molecular weight excluding hydrogens is 520 g/mol. The number of nitrogens with one attached hydrogen (secondary N) is 1. The van der Waals surface area contributed by atoms with Gasteiger partial charge in [0.15, 0.2) is 0 Å². The van der Waals surface area contributed by atoms with E-state index in [2.05, 4.69) is 26.3 Å². The second kappa shape index (κ2) is 8.64. The molecular formula is C19H15BrF4N4O3S. The normalized spacial score (nSPS) is 12.1. The molecule has 3 rings (SSSR count). The van der Waals surface area contributed by atoms with Crippen LogP contribution in [0, 0.1) is 12.7 Å². The van der Waals surface area contributed by atoms with Crippen molar-refractivity contribution in [2.75, 3.05) is 5.32 Å². The molecule has 32 heavy (non-hydrogen) atoms. The Morgan fingerprint density at radius 1 is 1.25 bits per heavy atom. The number of sulfonamides is 1. The first kappa shape index (κ1) is 23.9. The number of rotatable bonds is 5. The third kappa shape index (κ3) is 5.34. The van der Waals surface area contributed by atoms with Gasteiger partial charge < -0.3 is 5.32 Å². The van der Waals surface area contributed by atoms with E-state index < -0.39 is 38.4 Å². The van der Waals surface area contributed by atoms with Crippen LogP contribution in [0.5, 0.6) is 0 Å². The number of anilines is 1. The minimum atomic E-state index is -4.67. The number of carbonyl (C=O) groups is 1. The van der Waals surface area contributed by atoms with Crippen molar-refractivity contribution in [2.45, 2.75) is 24.4 Å². The molecule has 0 aliphatic carbocycles. The molecule has 170 valence electrons. The van der Waals surface area contributed by atoms with Crippen molar-refractivity contribution < 1.29 is 30.8 Å². The lowest BCUT2D eigenvalue weighted by Gasteiger charge is -2.12. The van der Waals surface area contributed by atoms with Crippen LogP contribution in [-0.2, 0) is 27.4 Å². The molecule has 0 atom stereocenters. The predicted molar refractivity (Wildman–Crippen MR) is 111 cm³/mol. The Kier molecular flexibility index (Phi) is 6.45. The fourth-order valence-corrected chi connectivity index (χ4v) is 4.00. The van der Waals surface area contributed by atoms with Gasteiger partial charge in [-0.05, 0) is 64.3 Å². The van der Waals surface area contributed by atoms with E-state index in [0.717, 1.165) is 10.7 Å². The molecule has 0 unspecified atom stereocenters. The smallest absolute Gasteiger partial charge is 0.326 e. The molecule has 0 radical (unpaired) electrons. The van der Waals surface area contributed by atoms with Crippen molar-refractivity contribution in [1.82, 2.24) is 9.78 Å². The highest BCUT2D eigenvalue weighted by atomic mass is 79.9. The number of nitrogens with zero attached hydrogens (tertiary/aromatic N) is 2. The monoisotopic (exact) mass is 534 g/mol. The SMILES string of the molecule is Cc1cc(F)c(Br)cc1CC(=O)Nc1ccc(-n2cc(C(F)(F)F)cn2)c(S(N)(=O)=O)c1. The van der Waals surface area contributed by atoms with Gasteiger partial charge in [0, 0.05) is 11.9 Å². The molecule has 1 amide bonds. The van der Waals surface area contributed by atoms with Crippen molar-refractivity contribution in [1.29, 1.82) is 0 Å². The summed E-state index contributed by atoms with van der Waals surface area (Å²) in [5, 5.41) is 11.3. The molecule has 1 heterocycles. The Hall–Kier alpha value is -2.77. The quantitative estimate of drug-likeness (QED) is 0.483. The lowest BCUT2D eigenvalue weighted by atomic mass is 10.1. The summed E-state index contributed by atoms with van der Waals surface area (Å²) in [5.41, 5.74) is -0.170. The summed E-state index contributed by atoms with van der Waals surface area (Å²) >= 11 is 3.05. The van der Waals surface area contributed by atoms with Crippen LogP contribution in [0.2, 0.25) is 0 Å². The number of aromatic nitrogens is 2. The maximum Gasteiger partial charge on any atom is 0.419 e. The minimum absolute atomic E-state index is 0.0461. The molecule has 7 nitrogen and oxygen atoms in total. The molecule has 0 aliphatic rings. The molecule has 0 fully saturated rings. The highest BCUT2D eigenvalue weighted by Gasteiger charge is 2.32. The van der Waals surface area contributed by atoms with Crippen molar-refractivity contribution in [2.24, 2.45) is 5.14 Å². The maximum absolute atomic E-state index is 13.6. The molecule has 2 aromatic carbocycles. The van der Waals surface area contributed by atoms with E-state index in [1.54, 1.807) is 6.92 Å². The van der Waals surface area contributed by atoms with Crippen LogP contribution in [0.15, 0.2) is 52.1 Å². The van der Waals surface area contributed by atoms with Crippen LogP contribution >= 0.6 is 15.9 Å². The first-order chi connectivity index (χ1) is 14.8. The van der Waals surface area contributed by atoms with Gasteiger partial charge in [-0.3, -0.25) is 4.79 Å². The lowest BCUT2D eigenvalue weighted by molar-refractivity contribution is -0.137. The van der Waals surface area contributed by atoms with Gasteiger partial charge in [-0.1, -0.05) is 0 Å². The summed E-state index contributed by atoms with van der Waals surface area (Å²) in [4.78, 5) is 11.9. The Bertz CT molecular complexity index is 1310. The van der Waals surface area contributed by atoms with Crippen LogP contribution < -0.4 is 10.5 Å². The lowest BCUT2D eigenvalue weighted by Crippen LogP contribution is -2.18. The zero-order chi connectivity index (χ0) is 23.8. The third-order valence-electron chi connectivity index (χ3n) is 4.44. The van der Waals surface area contributed by atoms with Gasteiger partial charge in [0.25, 0.3) is 0 Å². The Balaban J connectivity index is 1.90. The van der Waals surface area contributed by atoms with E-state index in [1.165, 1.54) is 24.3 Å². The predicted octanol–water partition coefficient (Wildman–Crippen LogP) is 3.93. The van der Waals surface area contributed by atoms with E-state index in [4.69, 9.17) is 5.14 Å². The molecule has 0 spiro atoms. The molecule has 1 aromatic heterocycles. The number of aryl methyl sites for hydroxylation is 1. The molecule has 0 saturated heterocycles. The fraction of sp³-hybridized carbons (Fsp3) is 0.158. The molecule has 0 saturated carbocycles. The fourth-order valence-electron chi connectivity index (χ4n) is 2.87. The maximum atomic E-state index is 13.6. The number of halogens is 5. The topological polar surface area (TPSA) is 107 Å². The number of alkyl halides is 3. The van der Waals surface area contributed by atoms with Gasteiger partial charge in [0.1, 0.15) is 10.7 Å². The summed E-state index contributed by atoms with van der Waals surface area (Å²) in [5.74, 6) is -1.01. The summed E-state index contributed by atoms with van der Waals surface area (Å²) in [7, 11) is -4.38. The molecule has 0 bridgehead atoms. The molecule has 13 heteroatoms. The summed E-state index contributed by atoms with van der Waals surface area (Å²) in [6, 6.07) is 6.20. The summed E-state index contributed by atoms with van der Waals surface area (Å²) < 4.78 is 77.1. The first-order valence-electron chi connectivity index (χ1n) is 8.79. The minimum Gasteiger partial charge on any atom is -0.326 e. The number of hydrogen-bond acceptors (Lipinski definition) is 4. The number of carbonyl (C=O) groups excluding carboxylic acids is 1. The van der Waals surface area contributed by atoms with E-state index in [9.17, 15) is 30.8 Å². The number of benzene rings is 2. The van der Waals surface area contributed by atoms with Gasteiger partial charge >= 0.3 is 6.18 Å². The second-order valence-corrected chi connectivity index (χ2v) is 9.20.